The van der Waals surface area contributed by atoms with E-state index in [-0.39, 0.29) is 29.7 Å². The minimum atomic E-state index is -2.85. The molecule has 0 bridgehead atoms. The van der Waals surface area contributed by atoms with Crippen LogP contribution >= 0.6 is 24.0 Å². The molecule has 2 N–H and O–H groups in total. The van der Waals surface area contributed by atoms with Crippen LogP contribution in [0, 0.1) is 0 Å². The highest BCUT2D eigenvalue weighted by atomic mass is 127. The van der Waals surface area contributed by atoms with Gasteiger partial charge < -0.3 is 10.6 Å². The summed E-state index contributed by atoms with van der Waals surface area (Å²) in [6, 6.07) is 0. The summed E-state index contributed by atoms with van der Waals surface area (Å²) in [6.07, 6.45) is 5.39. The zero-order valence-corrected chi connectivity index (χ0v) is 14.7. The van der Waals surface area contributed by atoms with E-state index in [1.807, 2.05) is 0 Å². The maximum atomic E-state index is 10.9. The third-order valence-electron chi connectivity index (χ3n) is 2.28. The molecule has 0 aromatic rings. The molecule has 0 heterocycles. The zero-order chi connectivity index (χ0) is 13.1. The monoisotopic (exact) mass is 391 g/mol. The predicted molar refractivity (Wildman–Crippen MR) is 88.6 cm³/mol. The van der Waals surface area contributed by atoms with Crippen molar-refractivity contribution in [2.24, 2.45) is 4.99 Å². The number of aliphatic imine (C=N–C) groups is 1. The fourth-order valence-electron chi connectivity index (χ4n) is 1.34. The van der Waals surface area contributed by atoms with Crippen LogP contribution in [0.5, 0.6) is 0 Å². The van der Waals surface area contributed by atoms with Gasteiger partial charge in [-0.2, -0.15) is 0 Å². The van der Waals surface area contributed by atoms with Crippen LogP contribution in [0.4, 0.5) is 0 Å². The molecule has 0 aliphatic heterocycles. The van der Waals surface area contributed by atoms with Gasteiger partial charge in [0.1, 0.15) is 9.84 Å². The molecule has 0 radical (unpaired) electrons. The molecule has 0 saturated heterocycles. The van der Waals surface area contributed by atoms with E-state index in [1.54, 1.807) is 7.05 Å². The van der Waals surface area contributed by atoms with Crippen molar-refractivity contribution < 1.29 is 8.42 Å². The molecule has 0 atom stereocenters. The molecule has 0 unspecified atom stereocenters. The van der Waals surface area contributed by atoms with Crippen molar-refractivity contribution in [2.45, 2.75) is 32.6 Å². The smallest absolute Gasteiger partial charge is 0.190 e. The number of nitrogens with one attached hydrogen (secondary N) is 2. The van der Waals surface area contributed by atoms with E-state index in [9.17, 15) is 8.42 Å². The number of unbranched alkanes of at least 4 members (excludes halogenated alkanes) is 2. The molecule has 0 aromatic carbocycles. The fourth-order valence-corrected chi connectivity index (χ4v) is 2.01. The SMILES string of the molecule is CCCCCNC(=NC)NCCCS(C)(=O)=O.I. The Morgan fingerprint density at radius 2 is 1.67 bits per heavy atom. The second kappa shape index (κ2) is 12.0. The third-order valence-corrected chi connectivity index (χ3v) is 3.31. The normalized spacial score (nSPS) is 11.8. The molecule has 7 heteroatoms. The number of hydrogen-bond acceptors (Lipinski definition) is 3. The van der Waals surface area contributed by atoms with Crippen molar-refractivity contribution in [3.05, 3.63) is 0 Å². The van der Waals surface area contributed by atoms with Gasteiger partial charge in [-0.3, -0.25) is 4.99 Å². The van der Waals surface area contributed by atoms with Crippen LogP contribution in [-0.4, -0.2) is 46.5 Å². The average molecular weight is 391 g/mol. The van der Waals surface area contributed by atoms with E-state index in [2.05, 4.69) is 22.5 Å². The number of guanidine groups is 1. The molecule has 0 aliphatic rings. The van der Waals surface area contributed by atoms with E-state index in [1.165, 1.54) is 19.1 Å². The number of sulfone groups is 1. The summed E-state index contributed by atoms with van der Waals surface area (Å²) in [5, 5.41) is 6.28. The van der Waals surface area contributed by atoms with Gasteiger partial charge in [-0.15, -0.1) is 24.0 Å². The largest absolute Gasteiger partial charge is 0.356 e. The molecule has 0 fully saturated rings. The highest BCUT2D eigenvalue weighted by Gasteiger charge is 2.02. The van der Waals surface area contributed by atoms with Gasteiger partial charge in [0.2, 0.25) is 0 Å². The summed E-state index contributed by atoms with van der Waals surface area (Å²) < 4.78 is 21.8. The molecule has 0 aliphatic carbocycles. The maximum absolute atomic E-state index is 10.9. The predicted octanol–water partition coefficient (Wildman–Crippen LogP) is 1.39. The average Bonchev–Trinajstić information content (AvgIpc) is 2.25. The van der Waals surface area contributed by atoms with E-state index >= 15 is 0 Å². The second-order valence-corrected chi connectivity index (χ2v) is 6.38. The number of halogens is 1. The minimum Gasteiger partial charge on any atom is -0.356 e. The Labute approximate surface area is 128 Å². The van der Waals surface area contributed by atoms with E-state index in [4.69, 9.17) is 0 Å². The van der Waals surface area contributed by atoms with Gasteiger partial charge in [-0.05, 0) is 12.8 Å². The van der Waals surface area contributed by atoms with E-state index < -0.39 is 9.84 Å². The first kappa shape index (κ1) is 20.3. The van der Waals surface area contributed by atoms with Crippen LogP contribution in [0.1, 0.15) is 32.6 Å². The lowest BCUT2D eigenvalue weighted by atomic mass is 10.2. The van der Waals surface area contributed by atoms with Gasteiger partial charge >= 0.3 is 0 Å². The van der Waals surface area contributed by atoms with Crippen LogP contribution in [0.2, 0.25) is 0 Å². The molecule has 0 spiro atoms. The first-order valence-electron chi connectivity index (χ1n) is 6.12. The summed E-state index contributed by atoms with van der Waals surface area (Å²) in [5.74, 6) is 0.960. The minimum absolute atomic E-state index is 0. The Morgan fingerprint density at radius 1 is 1.11 bits per heavy atom. The fraction of sp³-hybridized carbons (Fsp3) is 0.909. The van der Waals surface area contributed by atoms with Gasteiger partial charge in [0.05, 0.1) is 5.75 Å². The standard InChI is InChI=1S/C11H25N3O2S.HI/c1-4-5-6-8-13-11(12-2)14-9-7-10-17(3,15)16;/h4-10H2,1-3H3,(H2,12,13,14);1H. The van der Waals surface area contributed by atoms with Gasteiger partial charge in [0.15, 0.2) is 5.96 Å². The lowest BCUT2D eigenvalue weighted by Gasteiger charge is -2.11. The van der Waals surface area contributed by atoms with E-state index in [0.717, 1.165) is 18.9 Å². The van der Waals surface area contributed by atoms with Crippen molar-refractivity contribution in [1.82, 2.24) is 10.6 Å². The Bertz CT molecular complexity index is 318. The molecule has 0 amide bonds. The summed E-state index contributed by atoms with van der Waals surface area (Å²) in [6.45, 7) is 3.69. The second-order valence-electron chi connectivity index (χ2n) is 4.12. The molecule has 0 rings (SSSR count). The van der Waals surface area contributed by atoms with Gasteiger partial charge in [0.25, 0.3) is 0 Å². The first-order valence-corrected chi connectivity index (χ1v) is 8.18. The summed E-state index contributed by atoms with van der Waals surface area (Å²) in [5.41, 5.74) is 0. The highest BCUT2D eigenvalue weighted by molar-refractivity contribution is 14.0. The maximum Gasteiger partial charge on any atom is 0.190 e. The summed E-state index contributed by atoms with van der Waals surface area (Å²) in [4.78, 5) is 4.06. The number of nitrogens with zero attached hydrogens (tertiary/aromatic N) is 1. The Kier molecular flexibility index (Phi) is 13.5. The molecule has 18 heavy (non-hydrogen) atoms. The molecular formula is C11H26IN3O2S. The van der Waals surface area contributed by atoms with Gasteiger partial charge in [-0.25, -0.2) is 8.42 Å². The molecular weight excluding hydrogens is 365 g/mol. The lowest BCUT2D eigenvalue weighted by Crippen LogP contribution is -2.38. The van der Waals surface area contributed by atoms with Crippen molar-refractivity contribution in [3.8, 4) is 0 Å². The number of hydrogen-bond donors (Lipinski definition) is 2. The molecule has 0 aromatic heterocycles. The lowest BCUT2D eigenvalue weighted by molar-refractivity contribution is 0.598. The number of rotatable bonds is 8. The van der Waals surface area contributed by atoms with Crippen LogP contribution in [-0.2, 0) is 9.84 Å². The molecule has 110 valence electrons. The highest BCUT2D eigenvalue weighted by Crippen LogP contribution is 1.91. The van der Waals surface area contributed by atoms with Crippen LogP contribution in [0.15, 0.2) is 4.99 Å². The summed E-state index contributed by atoms with van der Waals surface area (Å²) in [7, 11) is -1.14. The molecule has 0 saturated carbocycles. The van der Waals surface area contributed by atoms with Crippen molar-refractivity contribution >= 4 is 39.8 Å². The summed E-state index contributed by atoms with van der Waals surface area (Å²) >= 11 is 0. The van der Waals surface area contributed by atoms with Crippen LogP contribution < -0.4 is 10.6 Å². The Balaban J connectivity index is 0. The van der Waals surface area contributed by atoms with Gasteiger partial charge in [-0.1, -0.05) is 19.8 Å². The van der Waals surface area contributed by atoms with Gasteiger partial charge in [0, 0.05) is 26.4 Å². The van der Waals surface area contributed by atoms with Crippen molar-refractivity contribution in [2.75, 3.05) is 32.1 Å². The van der Waals surface area contributed by atoms with Crippen molar-refractivity contribution in [1.29, 1.82) is 0 Å². The van der Waals surface area contributed by atoms with E-state index in [0.29, 0.717) is 13.0 Å². The zero-order valence-electron chi connectivity index (χ0n) is 11.5. The Morgan fingerprint density at radius 3 is 2.11 bits per heavy atom. The topological polar surface area (TPSA) is 70.6 Å². The van der Waals surface area contributed by atoms with Crippen LogP contribution in [0.3, 0.4) is 0 Å². The first-order chi connectivity index (χ1) is 7.99. The Hall–Kier alpha value is -0.0500. The van der Waals surface area contributed by atoms with Crippen LogP contribution in [0.25, 0.3) is 0 Å². The quantitative estimate of drug-likeness (QED) is 0.284. The molecule has 5 nitrogen and oxygen atoms in total. The van der Waals surface area contributed by atoms with Crippen molar-refractivity contribution in [3.63, 3.8) is 0 Å². The third kappa shape index (κ3) is 14.0.